The zero-order valence-corrected chi connectivity index (χ0v) is 10.6. The third kappa shape index (κ3) is 1.72. The Hall–Kier alpha value is -1.09. The van der Waals surface area contributed by atoms with Gasteiger partial charge >= 0.3 is 0 Å². The lowest BCUT2D eigenvalue weighted by Crippen LogP contribution is -1.92. The Morgan fingerprint density at radius 2 is 1.93 bits per heavy atom. The van der Waals surface area contributed by atoms with E-state index in [1.54, 1.807) is 7.11 Å². The van der Waals surface area contributed by atoms with Crippen LogP contribution in [0.3, 0.4) is 0 Å². The Morgan fingerprint density at radius 1 is 1.20 bits per heavy atom. The van der Waals surface area contributed by atoms with Crippen LogP contribution < -0.4 is 4.74 Å². The van der Waals surface area contributed by atoms with E-state index in [9.17, 15) is 0 Å². The van der Waals surface area contributed by atoms with E-state index in [4.69, 9.17) is 4.74 Å². The minimum Gasteiger partial charge on any atom is -0.494 e. The molecule has 2 aromatic rings. The summed E-state index contributed by atoms with van der Waals surface area (Å²) < 4.78 is 6.17. The van der Waals surface area contributed by atoms with Gasteiger partial charge in [0.25, 0.3) is 0 Å². The Kier molecular flexibility index (Phi) is 2.65. The minimum atomic E-state index is 0.816. The van der Waals surface area contributed by atoms with Gasteiger partial charge in [0.15, 0.2) is 0 Å². The number of benzene rings is 1. The molecule has 78 valence electrons. The van der Waals surface area contributed by atoms with Gasteiger partial charge in [-0.3, -0.25) is 0 Å². The third-order valence-electron chi connectivity index (χ3n) is 2.51. The Labute approximate surface area is 97.4 Å². The molecule has 0 saturated heterocycles. The van der Waals surface area contributed by atoms with Gasteiger partial charge in [-0.15, -0.1) is 0 Å². The van der Waals surface area contributed by atoms with Crippen LogP contribution in [0.4, 0.5) is 0 Å². The maximum atomic E-state index is 5.29. The van der Waals surface area contributed by atoms with Crippen LogP contribution in [0.15, 0.2) is 22.8 Å². The summed E-state index contributed by atoms with van der Waals surface area (Å²) in [4.78, 5) is 4.50. The molecule has 0 spiro atoms. The van der Waals surface area contributed by atoms with Gasteiger partial charge in [-0.25, -0.2) is 4.98 Å². The summed E-state index contributed by atoms with van der Waals surface area (Å²) in [5.41, 5.74) is 3.27. The van der Waals surface area contributed by atoms with E-state index in [0.717, 1.165) is 26.8 Å². The zero-order chi connectivity index (χ0) is 11.0. The first-order valence-corrected chi connectivity index (χ1v) is 5.53. The van der Waals surface area contributed by atoms with Crippen molar-refractivity contribution in [1.82, 2.24) is 4.98 Å². The van der Waals surface area contributed by atoms with E-state index in [1.165, 1.54) is 5.56 Å². The first-order chi connectivity index (χ1) is 7.13. The largest absolute Gasteiger partial charge is 0.494 e. The molecule has 2 rings (SSSR count). The van der Waals surface area contributed by atoms with E-state index in [0.29, 0.717) is 0 Å². The van der Waals surface area contributed by atoms with Crippen LogP contribution in [0.1, 0.15) is 11.1 Å². The number of aryl methyl sites for hydroxylation is 2. The summed E-state index contributed by atoms with van der Waals surface area (Å²) in [6.07, 6.45) is 0. The highest BCUT2D eigenvalue weighted by Crippen LogP contribution is 2.29. The first kappa shape index (κ1) is 10.4. The number of halogens is 1. The van der Waals surface area contributed by atoms with E-state index >= 15 is 0 Å². The fourth-order valence-corrected chi connectivity index (χ4v) is 1.91. The number of hydrogen-bond donors (Lipinski definition) is 0. The topological polar surface area (TPSA) is 22.1 Å². The van der Waals surface area contributed by atoms with Crippen LogP contribution in [0.2, 0.25) is 0 Å². The smallest absolute Gasteiger partial charge is 0.145 e. The van der Waals surface area contributed by atoms with E-state index in [2.05, 4.69) is 40.0 Å². The lowest BCUT2D eigenvalue weighted by atomic mass is 10.1. The van der Waals surface area contributed by atoms with Crippen molar-refractivity contribution >= 4 is 26.8 Å². The summed E-state index contributed by atoms with van der Waals surface area (Å²) in [5.74, 6) is 0.816. The van der Waals surface area contributed by atoms with Crippen molar-refractivity contribution in [3.63, 3.8) is 0 Å². The van der Waals surface area contributed by atoms with Crippen molar-refractivity contribution in [3.8, 4) is 5.75 Å². The van der Waals surface area contributed by atoms with Crippen LogP contribution in [0.5, 0.6) is 5.75 Å². The number of nitrogens with zero attached hydrogens (tertiary/aromatic N) is 1. The summed E-state index contributed by atoms with van der Waals surface area (Å²) in [7, 11) is 1.67. The van der Waals surface area contributed by atoms with Gasteiger partial charge in [-0.2, -0.15) is 0 Å². The van der Waals surface area contributed by atoms with Gasteiger partial charge < -0.3 is 4.74 Å². The summed E-state index contributed by atoms with van der Waals surface area (Å²) in [6, 6.07) is 6.13. The van der Waals surface area contributed by atoms with E-state index in [1.807, 2.05) is 13.0 Å². The lowest BCUT2D eigenvalue weighted by Gasteiger charge is -2.08. The normalized spacial score (nSPS) is 10.7. The van der Waals surface area contributed by atoms with Crippen LogP contribution in [-0.2, 0) is 0 Å². The monoisotopic (exact) mass is 265 g/mol. The quantitative estimate of drug-likeness (QED) is 0.735. The second kappa shape index (κ2) is 3.81. The molecule has 0 N–H and O–H groups in total. The SMILES string of the molecule is COc1ccc(C)c2cc(C)c(Br)nc12. The molecule has 15 heavy (non-hydrogen) atoms. The second-order valence-corrected chi connectivity index (χ2v) is 4.33. The van der Waals surface area contributed by atoms with Crippen molar-refractivity contribution < 1.29 is 4.74 Å². The molecule has 0 saturated carbocycles. The minimum absolute atomic E-state index is 0.816. The number of hydrogen-bond acceptors (Lipinski definition) is 2. The molecule has 0 fully saturated rings. The standard InChI is InChI=1S/C12H12BrNO/c1-7-4-5-10(15-3)11-9(7)6-8(2)12(13)14-11/h4-6H,1-3H3. The lowest BCUT2D eigenvalue weighted by molar-refractivity contribution is 0.419. The molecule has 3 heteroatoms. The van der Waals surface area contributed by atoms with Crippen LogP contribution >= 0.6 is 15.9 Å². The Bertz CT molecular complexity index is 523. The Balaban J connectivity index is 2.88. The number of fused-ring (bicyclic) bond motifs is 1. The van der Waals surface area contributed by atoms with E-state index < -0.39 is 0 Å². The van der Waals surface area contributed by atoms with Crippen molar-refractivity contribution in [3.05, 3.63) is 33.9 Å². The molecule has 0 radical (unpaired) electrons. The number of methoxy groups -OCH3 is 1. The second-order valence-electron chi connectivity index (χ2n) is 3.58. The number of rotatable bonds is 1. The molecule has 1 aromatic heterocycles. The van der Waals surface area contributed by atoms with Crippen molar-refractivity contribution in [1.29, 1.82) is 0 Å². The molecular weight excluding hydrogens is 254 g/mol. The van der Waals surface area contributed by atoms with Crippen molar-refractivity contribution in [2.75, 3.05) is 7.11 Å². The van der Waals surface area contributed by atoms with Gasteiger partial charge in [-0.1, -0.05) is 6.07 Å². The number of aromatic nitrogens is 1. The molecule has 0 unspecified atom stereocenters. The predicted octanol–water partition coefficient (Wildman–Crippen LogP) is 3.62. The van der Waals surface area contributed by atoms with Crippen LogP contribution in [0.25, 0.3) is 10.9 Å². The fourth-order valence-electron chi connectivity index (χ4n) is 1.61. The molecule has 0 atom stereocenters. The molecule has 0 aliphatic rings. The summed E-state index contributed by atoms with van der Waals surface area (Å²) >= 11 is 3.44. The van der Waals surface area contributed by atoms with Crippen LogP contribution in [-0.4, -0.2) is 12.1 Å². The average Bonchev–Trinajstić information content (AvgIpc) is 2.22. The number of pyridine rings is 1. The highest BCUT2D eigenvalue weighted by molar-refractivity contribution is 9.10. The maximum absolute atomic E-state index is 5.29. The maximum Gasteiger partial charge on any atom is 0.145 e. The Morgan fingerprint density at radius 3 is 2.60 bits per heavy atom. The highest BCUT2D eigenvalue weighted by atomic mass is 79.9. The molecule has 0 aliphatic carbocycles. The summed E-state index contributed by atoms with van der Waals surface area (Å²) in [5, 5.41) is 1.15. The molecular formula is C12H12BrNO. The van der Waals surface area contributed by atoms with Gasteiger partial charge in [-0.05, 0) is 53.0 Å². The van der Waals surface area contributed by atoms with Gasteiger partial charge in [0.05, 0.1) is 7.11 Å². The van der Waals surface area contributed by atoms with Gasteiger partial charge in [0.2, 0.25) is 0 Å². The van der Waals surface area contributed by atoms with Crippen LogP contribution in [0, 0.1) is 13.8 Å². The molecule has 1 aromatic carbocycles. The molecule has 0 amide bonds. The number of ether oxygens (including phenoxy) is 1. The fraction of sp³-hybridized carbons (Fsp3) is 0.250. The van der Waals surface area contributed by atoms with E-state index in [-0.39, 0.29) is 0 Å². The van der Waals surface area contributed by atoms with Gasteiger partial charge in [0, 0.05) is 5.39 Å². The molecule has 0 bridgehead atoms. The van der Waals surface area contributed by atoms with Crippen molar-refractivity contribution in [2.24, 2.45) is 0 Å². The molecule has 2 nitrogen and oxygen atoms in total. The van der Waals surface area contributed by atoms with Crippen molar-refractivity contribution in [2.45, 2.75) is 13.8 Å². The predicted molar refractivity (Wildman–Crippen MR) is 65.5 cm³/mol. The molecule has 1 heterocycles. The average molecular weight is 266 g/mol. The zero-order valence-electron chi connectivity index (χ0n) is 8.97. The third-order valence-corrected chi connectivity index (χ3v) is 3.32. The first-order valence-electron chi connectivity index (χ1n) is 4.74. The van der Waals surface area contributed by atoms with Gasteiger partial charge in [0.1, 0.15) is 15.9 Å². The summed E-state index contributed by atoms with van der Waals surface area (Å²) in [6.45, 7) is 4.12. The molecule has 0 aliphatic heterocycles. The highest BCUT2D eigenvalue weighted by Gasteiger charge is 2.07.